The summed E-state index contributed by atoms with van der Waals surface area (Å²) < 4.78 is 0. The molecule has 16 heavy (non-hydrogen) atoms. The van der Waals surface area contributed by atoms with E-state index >= 15 is 0 Å². The van der Waals surface area contributed by atoms with E-state index in [-0.39, 0.29) is 5.91 Å². The van der Waals surface area contributed by atoms with Crippen LogP contribution in [0, 0.1) is 0 Å². The summed E-state index contributed by atoms with van der Waals surface area (Å²) in [4.78, 5) is 14.4. The zero-order valence-corrected chi connectivity index (χ0v) is 8.47. The quantitative estimate of drug-likeness (QED) is 0.689. The number of carbonyl (C=O) groups excluding carboxylic acids is 1. The van der Waals surface area contributed by atoms with Crippen molar-refractivity contribution in [1.29, 1.82) is 0 Å². The molecule has 2 heterocycles. The number of hydrogen-bond donors (Lipinski definition) is 3. The van der Waals surface area contributed by atoms with Crippen molar-refractivity contribution >= 4 is 11.6 Å². The van der Waals surface area contributed by atoms with E-state index in [4.69, 9.17) is 5.73 Å². The number of aromatic nitrogens is 3. The molecule has 4 N–H and O–H groups in total. The Morgan fingerprint density at radius 3 is 3.06 bits per heavy atom. The Kier molecular flexibility index (Phi) is 2.81. The number of amides is 1. The van der Waals surface area contributed by atoms with Crippen molar-refractivity contribution < 1.29 is 4.79 Å². The first kappa shape index (κ1) is 10.2. The summed E-state index contributed by atoms with van der Waals surface area (Å²) >= 11 is 0. The number of carbonyl (C=O) groups is 1. The standard InChI is InChI=1S/C10H11N5O/c11-7-4-9(12-5-7)10(16)13-6-8-2-1-3-14-15-8/h1-5,12H,6,11H2,(H,13,16). The predicted octanol–water partition coefficient (Wildman–Crippen LogP) is 0.317. The van der Waals surface area contributed by atoms with Crippen LogP contribution in [-0.2, 0) is 6.54 Å². The predicted molar refractivity (Wildman–Crippen MR) is 58.4 cm³/mol. The number of nitrogens with two attached hydrogens (primary N) is 1. The average molecular weight is 217 g/mol. The highest BCUT2D eigenvalue weighted by Crippen LogP contribution is 2.04. The lowest BCUT2D eigenvalue weighted by Crippen LogP contribution is -2.23. The van der Waals surface area contributed by atoms with Gasteiger partial charge in [-0.1, -0.05) is 0 Å². The Labute approximate surface area is 91.9 Å². The fourth-order valence-electron chi connectivity index (χ4n) is 1.24. The molecule has 0 atom stereocenters. The van der Waals surface area contributed by atoms with E-state index in [1.54, 1.807) is 30.6 Å². The second kappa shape index (κ2) is 4.43. The Balaban J connectivity index is 1.94. The monoisotopic (exact) mass is 217 g/mol. The van der Waals surface area contributed by atoms with Gasteiger partial charge in [-0.2, -0.15) is 10.2 Å². The topological polar surface area (TPSA) is 96.7 Å². The van der Waals surface area contributed by atoms with E-state index in [1.165, 1.54) is 0 Å². The minimum absolute atomic E-state index is 0.220. The minimum Gasteiger partial charge on any atom is -0.397 e. The molecule has 0 unspecified atom stereocenters. The van der Waals surface area contributed by atoms with Gasteiger partial charge < -0.3 is 16.0 Å². The number of hydrogen-bond acceptors (Lipinski definition) is 4. The third kappa shape index (κ3) is 2.35. The van der Waals surface area contributed by atoms with E-state index in [2.05, 4.69) is 20.5 Å². The Hall–Kier alpha value is -2.37. The first-order chi connectivity index (χ1) is 7.75. The van der Waals surface area contributed by atoms with Crippen LogP contribution in [0.3, 0.4) is 0 Å². The normalized spacial score (nSPS) is 10.0. The van der Waals surface area contributed by atoms with Gasteiger partial charge in [-0.15, -0.1) is 0 Å². The van der Waals surface area contributed by atoms with Crippen LogP contribution < -0.4 is 11.1 Å². The lowest BCUT2D eigenvalue weighted by molar-refractivity contribution is 0.0946. The zero-order valence-electron chi connectivity index (χ0n) is 8.47. The maximum absolute atomic E-state index is 11.6. The number of nitrogens with zero attached hydrogens (tertiary/aromatic N) is 2. The van der Waals surface area contributed by atoms with Crippen LogP contribution in [0.25, 0.3) is 0 Å². The first-order valence-electron chi connectivity index (χ1n) is 4.74. The van der Waals surface area contributed by atoms with Crippen molar-refractivity contribution in [3.05, 3.63) is 42.0 Å². The molecule has 0 aliphatic rings. The number of anilines is 1. The van der Waals surface area contributed by atoms with Crippen molar-refractivity contribution in [1.82, 2.24) is 20.5 Å². The van der Waals surface area contributed by atoms with Crippen molar-refractivity contribution in [2.45, 2.75) is 6.54 Å². The van der Waals surface area contributed by atoms with Gasteiger partial charge in [-0.25, -0.2) is 0 Å². The van der Waals surface area contributed by atoms with Crippen LogP contribution in [0.15, 0.2) is 30.6 Å². The molecule has 1 amide bonds. The van der Waals surface area contributed by atoms with Crippen molar-refractivity contribution in [3.8, 4) is 0 Å². The van der Waals surface area contributed by atoms with Gasteiger partial charge in [-0.3, -0.25) is 4.79 Å². The molecule has 2 aromatic heterocycles. The number of aromatic amines is 1. The fourth-order valence-corrected chi connectivity index (χ4v) is 1.24. The van der Waals surface area contributed by atoms with Gasteiger partial charge in [0.15, 0.2) is 0 Å². The minimum atomic E-state index is -0.220. The summed E-state index contributed by atoms with van der Waals surface area (Å²) in [5.74, 6) is -0.220. The van der Waals surface area contributed by atoms with Crippen molar-refractivity contribution in [3.63, 3.8) is 0 Å². The molecular weight excluding hydrogens is 206 g/mol. The van der Waals surface area contributed by atoms with Gasteiger partial charge in [0.2, 0.25) is 0 Å². The van der Waals surface area contributed by atoms with E-state index in [9.17, 15) is 4.79 Å². The lowest BCUT2D eigenvalue weighted by atomic mass is 10.3. The van der Waals surface area contributed by atoms with E-state index < -0.39 is 0 Å². The average Bonchev–Trinajstić information content (AvgIpc) is 2.74. The molecule has 0 bridgehead atoms. The maximum Gasteiger partial charge on any atom is 0.268 e. The molecule has 0 spiro atoms. The molecule has 82 valence electrons. The van der Waals surface area contributed by atoms with Gasteiger partial charge >= 0.3 is 0 Å². The molecule has 0 radical (unpaired) electrons. The lowest BCUT2D eigenvalue weighted by Gasteiger charge is -2.01. The number of rotatable bonds is 3. The fraction of sp³-hybridized carbons (Fsp3) is 0.100. The van der Waals surface area contributed by atoms with Crippen LogP contribution in [0.5, 0.6) is 0 Å². The summed E-state index contributed by atoms with van der Waals surface area (Å²) in [6.45, 7) is 0.339. The third-order valence-corrected chi connectivity index (χ3v) is 2.01. The molecule has 0 fully saturated rings. The summed E-state index contributed by atoms with van der Waals surface area (Å²) in [6.07, 6.45) is 3.15. The molecule has 0 aliphatic heterocycles. The Morgan fingerprint density at radius 2 is 2.44 bits per heavy atom. The van der Waals surface area contributed by atoms with Crippen LogP contribution in [-0.4, -0.2) is 21.1 Å². The van der Waals surface area contributed by atoms with E-state index in [0.717, 1.165) is 0 Å². The molecule has 2 aromatic rings. The molecule has 0 aliphatic carbocycles. The van der Waals surface area contributed by atoms with Gasteiger partial charge in [0.25, 0.3) is 5.91 Å². The smallest absolute Gasteiger partial charge is 0.268 e. The molecular formula is C10H11N5O. The Morgan fingerprint density at radius 1 is 1.56 bits per heavy atom. The van der Waals surface area contributed by atoms with Crippen molar-refractivity contribution in [2.75, 3.05) is 5.73 Å². The van der Waals surface area contributed by atoms with Crippen LogP contribution in [0.2, 0.25) is 0 Å². The van der Waals surface area contributed by atoms with Gasteiger partial charge in [0.1, 0.15) is 5.69 Å². The van der Waals surface area contributed by atoms with Gasteiger partial charge in [0, 0.05) is 18.1 Å². The summed E-state index contributed by atoms with van der Waals surface area (Å²) in [5.41, 5.74) is 7.16. The van der Waals surface area contributed by atoms with E-state index in [0.29, 0.717) is 23.6 Å². The van der Waals surface area contributed by atoms with Gasteiger partial charge in [0.05, 0.1) is 12.2 Å². The molecule has 0 aromatic carbocycles. The first-order valence-corrected chi connectivity index (χ1v) is 4.74. The highest BCUT2D eigenvalue weighted by Gasteiger charge is 2.07. The van der Waals surface area contributed by atoms with Crippen molar-refractivity contribution in [2.24, 2.45) is 0 Å². The molecule has 0 saturated heterocycles. The second-order valence-electron chi connectivity index (χ2n) is 3.24. The molecule has 6 heteroatoms. The number of H-pyrrole nitrogens is 1. The molecule has 6 nitrogen and oxygen atoms in total. The third-order valence-electron chi connectivity index (χ3n) is 2.01. The van der Waals surface area contributed by atoms with Gasteiger partial charge in [-0.05, 0) is 18.2 Å². The van der Waals surface area contributed by atoms with Crippen LogP contribution in [0.4, 0.5) is 5.69 Å². The number of nitrogens with one attached hydrogen (secondary N) is 2. The van der Waals surface area contributed by atoms with Crippen LogP contribution in [0.1, 0.15) is 16.2 Å². The largest absolute Gasteiger partial charge is 0.397 e. The Bertz CT molecular complexity index is 479. The highest BCUT2D eigenvalue weighted by molar-refractivity contribution is 5.93. The SMILES string of the molecule is Nc1c[nH]c(C(=O)NCc2cccnn2)c1. The highest BCUT2D eigenvalue weighted by atomic mass is 16.1. The summed E-state index contributed by atoms with van der Waals surface area (Å²) in [6, 6.07) is 5.13. The summed E-state index contributed by atoms with van der Waals surface area (Å²) in [5, 5.41) is 10.3. The molecule has 0 saturated carbocycles. The summed E-state index contributed by atoms with van der Waals surface area (Å²) in [7, 11) is 0. The second-order valence-corrected chi connectivity index (χ2v) is 3.24. The molecule has 2 rings (SSSR count). The number of nitrogen functional groups attached to an aromatic ring is 1. The van der Waals surface area contributed by atoms with E-state index in [1.807, 2.05) is 0 Å². The zero-order chi connectivity index (χ0) is 11.4. The maximum atomic E-state index is 11.6. The van der Waals surface area contributed by atoms with Crippen LogP contribution >= 0.6 is 0 Å².